The summed E-state index contributed by atoms with van der Waals surface area (Å²) in [4.78, 5) is 15.3. The number of aromatic nitrogens is 2. The molecule has 0 radical (unpaired) electrons. The average molecular weight is 481 g/mol. The van der Waals surface area contributed by atoms with Gasteiger partial charge in [-0.05, 0) is 38.0 Å². The molecule has 1 aliphatic carbocycles. The highest BCUT2D eigenvalue weighted by Crippen LogP contribution is 2.37. The molecule has 1 unspecified atom stereocenters. The van der Waals surface area contributed by atoms with Crippen LogP contribution in [0.2, 0.25) is 0 Å². The molecule has 0 bridgehead atoms. The molecule has 0 spiro atoms. The van der Waals surface area contributed by atoms with Crippen LogP contribution in [0.5, 0.6) is 5.75 Å². The molecule has 2 atom stereocenters. The van der Waals surface area contributed by atoms with Crippen molar-refractivity contribution in [3.8, 4) is 5.75 Å². The van der Waals surface area contributed by atoms with E-state index in [0.29, 0.717) is 13.1 Å². The number of carbonyl (C=O) groups is 1. The van der Waals surface area contributed by atoms with Gasteiger partial charge in [-0.3, -0.25) is 15.2 Å². The first-order valence-corrected chi connectivity index (χ1v) is 12.6. The number of ether oxygens (including phenoxy) is 1. The van der Waals surface area contributed by atoms with Gasteiger partial charge in [-0.1, -0.05) is 19.1 Å². The second-order valence-corrected chi connectivity index (χ2v) is 10.4. The minimum Gasteiger partial charge on any atom is -0.495 e. The summed E-state index contributed by atoms with van der Waals surface area (Å²) in [5.41, 5.74) is 2.53. The number of hydrogen-bond donors (Lipinski definition) is 4. The Morgan fingerprint density at radius 2 is 2.24 bits per heavy atom. The molecule has 4 N–H and O–H groups in total. The van der Waals surface area contributed by atoms with Gasteiger partial charge in [0, 0.05) is 34.6 Å². The maximum absolute atomic E-state index is 13.4. The number of thiophene rings is 1. The van der Waals surface area contributed by atoms with Gasteiger partial charge < -0.3 is 20.3 Å². The molecule has 2 aliphatic rings. The first kappa shape index (κ1) is 22.7. The molecule has 34 heavy (non-hydrogen) atoms. The lowest BCUT2D eigenvalue weighted by Crippen LogP contribution is -2.47. The second kappa shape index (κ2) is 8.63. The molecule has 180 valence electrons. The summed E-state index contributed by atoms with van der Waals surface area (Å²) in [5, 5.41) is 21.2. The number of rotatable bonds is 6. The van der Waals surface area contributed by atoms with Crippen LogP contribution in [0.15, 0.2) is 18.3 Å². The summed E-state index contributed by atoms with van der Waals surface area (Å²) in [6, 6.07) is 4.18. The van der Waals surface area contributed by atoms with Crippen molar-refractivity contribution in [3.63, 3.8) is 0 Å². The molecular formula is C25H32N6O2S. The fourth-order valence-corrected chi connectivity index (χ4v) is 6.09. The first-order valence-electron chi connectivity index (χ1n) is 11.7. The lowest BCUT2D eigenvalue weighted by Gasteiger charge is -2.35. The number of nitrogens with one attached hydrogen (secondary N) is 4. The Bertz CT molecular complexity index is 1360. The van der Waals surface area contributed by atoms with E-state index in [9.17, 15) is 4.79 Å². The van der Waals surface area contributed by atoms with E-state index in [4.69, 9.17) is 4.74 Å². The number of methoxy groups -OCH3 is 1. The van der Waals surface area contributed by atoms with Crippen molar-refractivity contribution in [1.82, 2.24) is 20.4 Å². The summed E-state index contributed by atoms with van der Waals surface area (Å²) in [7, 11) is 3.58. The topological polar surface area (TPSA) is 94.3 Å². The van der Waals surface area contributed by atoms with Crippen LogP contribution in [0.3, 0.4) is 0 Å². The third kappa shape index (κ3) is 3.63. The largest absolute Gasteiger partial charge is 0.495 e. The third-order valence-electron chi connectivity index (χ3n) is 7.15. The summed E-state index contributed by atoms with van der Waals surface area (Å²) < 4.78 is 6.81. The predicted molar refractivity (Wildman–Crippen MR) is 138 cm³/mol. The van der Waals surface area contributed by atoms with Crippen molar-refractivity contribution in [2.45, 2.75) is 45.8 Å². The van der Waals surface area contributed by atoms with Gasteiger partial charge >= 0.3 is 0 Å². The number of aromatic amines is 1. The molecule has 1 aliphatic heterocycles. The lowest BCUT2D eigenvalue weighted by atomic mass is 9.77. The van der Waals surface area contributed by atoms with Crippen molar-refractivity contribution in [1.29, 1.82) is 0 Å². The monoisotopic (exact) mass is 480 g/mol. The maximum Gasteiger partial charge on any atom is 0.232 e. The smallest absolute Gasteiger partial charge is 0.232 e. The molecule has 1 aromatic carbocycles. The van der Waals surface area contributed by atoms with E-state index in [1.807, 2.05) is 24.2 Å². The standard InChI is InChI=1S/C25H32N6O2S/c1-6-25(24(32)31(4)14(2)3)8-7-16-20(11-25)34-23-21(16)22(26-13-27-23)29-18-9-15-12-28-30-17(15)10-19(18)33-5/h7,9-12,14,22,26-27,29H,6,8,13H2,1-5H3,(H,28,30)/t22?,25-/m1/s1. The average Bonchev–Trinajstić information content (AvgIpc) is 3.45. The van der Waals surface area contributed by atoms with Crippen LogP contribution in [0.25, 0.3) is 23.1 Å². The normalized spacial score (nSPS) is 21.2. The van der Waals surface area contributed by atoms with Crippen molar-refractivity contribution in [2.24, 2.45) is 5.41 Å². The number of H-pyrrole nitrogens is 1. The van der Waals surface area contributed by atoms with Gasteiger partial charge in [0.15, 0.2) is 0 Å². The summed E-state index contributed by atoms with van der Waals surface area (Å²) in [6.45, 7) is 6.87. The van der Waals surface area contributed by atoms with Gasteiger partial charge in [-0.15, -0.1) is 11.3 Å². The summed E-state index contributed by atoms with van der Waals surface area (Å²) >= 11 is 1.73. The van der Waals surface area contributed by atoms with Gasteiger partial charge in [0.05, 0.1) is 41.6 Å². The molecule has 0 saturated heterocycles. The molecule has 0 fully saturated rings. The molecule has 0 saturated carbocycles. The summed E-state index contributed by atoms with van der Waals surface area (Å²) in [6.07, 6.45) is 7.65. The minimum atomic E-state index is -0.495. The predicted octanol–water partition coefficient (Wildman–Crippen LogP) is 2.94. The van der Waals surface area contributed by atoms with E-state index in [2.05, 4.69) is 65.1 Å². The number of benzene rings is 1. The van der Waals surface area contributed by atoms with Gasteiger partial charge in [0.25, 0.3) is 0 Å². The highest BCUT2D eigenvalue weighted by Gasteiger charge is 2.39. The van der Waals surface area contributed by atoms with Crippen molar-refractivity contribution in [3.05, 3.63) is 33.6 Å². The number of carbonyl (C=O) groups excluding carboxylic acids is 1. The summed E-state index contributed by atoms with van der Waals surface area (Å²) in [5.74, 6) is 0.947. The highest BCUT2D eigenvalue weighted by molar-refractivity contribution is 7.14. The SMILES string of the molecule is CC[C@]1(C(=O)N(C)C(C)C)C=c2sc3c(c2=CC1)C(Nc1cc2cn[nH]c2cc1OC)NCN3. The zero-order chi connectivity index (χ0) is 24.0. The Morgan fingerprint density at radius 3 is 2.97 bits per heavy atom. The van der Waals surface area contributed by atoms with Gasteiger partial charge in [0.2, 0.25) is 5.91 Å². The first-order chi connectivity index (χ1) is 16.4. The molecule has 9 heteroatoms. The molecular weight excluding hydrogens is 448 g/mol. The zero-order valence-corrected chi connectivity index (χ0v) is 21.1. The number of anilines is 2. The maximum atomic E-state index is 13.4. The Kier molecular flexibility index (Phi) is 5.77. The van der Waals surface area contributed by atoms with Gasteiger partial charge in [-0.2, -0.15) is 5.10 Å². The third-order valence-corrected chi connectivity index (χ3v) is 8.27. The van der Waals surface area contributed by atoms with Gasteiger partial charge in [-0.25, -0.2) is 0 Å². The highest BCUT2D eigenvalue weighted by atomic mass is 32.1. The van der Waals surface area contributed by atoms with Crippen LogP contribution in [0.1, 0.15) is 45.3 Å². The molecule has 3 aromatic rings. The van der Waals surface area contributed by atoms with E-state index >= 15 is 0 Å². The van der Waals surface area contributed by atoms with Crippen LogP contribution in [-0.4, -0.2) is 47.9 Å². The van der Waals surface area contributed by atoms with Crippen LogP contribution in [-0.2, 0) is 4.79 Å². The number of nitrogens with zero attached hydrogens (tertiary/aromatic N) is 2. The van der Waals surface area contributed by atoms with E-state index in [0.717, 1.165) is 38.3 Å². The fraction of sp³-hybridized carbons (Fsp3) is 0.440. The second-order valence-electron chi connectivity index (χ2n) is 9.34. The fourth-order valence-electron chi connectivity index (χ4n) is 4.80. The Hall–Kier alpha value is -3.04. The number of fused-ring (bicyclic) bond motifs is 4. The van der Waals surface area contributed by atoms with E-state index in [-0.39, 0.29) is 18.1 Å². The zero-order valence-electron chi connectivity index (χ0n) is 20.3. The Balaban J connectivity index is 1.54. The van der Waals surface area contributed by atoms with Crippen molar-refractivity contribution in [2.75, 3.05) is 31.5 Å². The molecule has 1 amide bonds. The van der Waals surface area contributed by atoms with Crippen LogP contribution >= 0.6 is 11.3 Å². The molecule has 2 aromatic heterocycles. The quantitative estimate of drug-likeness (QED) is 0.434. The minimum absolute atomic E-state index is 0.0951. The van der Waals surface area contributed by atoms with Crippen LogP contribution in [0.4, 0.5) is 10.7 Å². The molecule has 3 heterocycles. The van der Waals surface area contributed by atoms with E-state index in [1.54, 1.807) is 18.4 Å². The van der Waals surface area contributed by atoms with E-state index < -0.39 is 5.41 Å². The Morgan fingerprint density at radius 1 is 1.41 bits per heavy atom. The number of hydrogen-bond acceptors (Lipinski definition) is 7. The molecule has 8 nitrogen and oxygen atoms in total. The van der Waals surface area contributed by atoms with Crippen LogP contribution in [0, 0.1) is 5.41 Å². The van der Waals surface area contributed by atoms with Crippen LogP contribution < -0.4 is 30.4 Å². The van der Waals surface area contributed by atoms with Gasteiger partial charge in [0.1, 0.15) is 11.9 Å². The number of amides is 1. The Labute approximate surface area is 203 Å². The van der Waals surface area contributed by atoms with Crippen molar-refractivity contribution < 1.29 is 9.53 Å². The van der Waals surface area contributed by atoms with E-state index in [1.165, 1.54) is 10.8 Å². The molecule has 5 rings (SSSR count). The van der Waals surface area contributed by atoms with Crippen molar-refractivity contribution >= 4 is 51.0 Å². The lowest BCUT2D eigenvalue weighted by molar-refractivity contribution is -0.138.